The molecule has 0 radical (unpaired) electrons. The summed E-state index contributed by atoms with van der Waals surface area (Å²) in [6.45, 7) is 33.8. The average molecular weight is 1730 g/mol. The van der Waals surface area contributed by atoms with E-state index in [2.05, 4.69) is 133 Å². The molecule has 0 aliphatic heterocycles. The van der Waals surface area contributed by atoms with Crippen molar-refractivity contribution in [3.05, 3.63) is 149 Å². The van der Waals surface area contributed by atoms with Crippen molar-refractivity contribution in [1.82, 2.24) is 72.1 Å². The van der Waals surface area contributed by atoms with Gasteiger partial charge in [0.05, 0.1) is 89.8 Å². The fourth-order valence-corrected chi connectivity index (χ4v) is 11.8. The largest absolute Gasteiger partial charge is 0.354 e. The Morgan fingerprint density at radius 2 is 0.746 bits per heavy atom. The minimum absolute atomic E-state index is 0.336. The van der Waals surface area contributed by atoms with Crippen LogP contribution in [0.25, 0.3) is 0 Å². The average Bonchev–Trinajstić information content (AvgIpc) is 1.09. The molecule has 6 heterocycles. The Bertz CT molecular complexity index is 4170. The van der Waals surface area contributed by atoms with Gasteiger partial charge in [-0.25, -0.2) is 74.7 Å². The number of nitrogens with one attached hydrogen (secondary N) is 8. The van der Waals surface area contributed by atoms with Crippen LogP contribution in [0, 0.1) is 0 Å². The molecule has 0 unspecified atom stereocenters. The van der Waals surface area contributed by atoms with Crippen LogP contribution in [0.15, 0.2) is 109 Å². The highest BCUT2D eigenvalue weighted by atomic mass is 32.2. The molecule has 0 aliphatic carbocycles. The van der Waals surface area contributed by atoms with E-state index in [1.54, 1.807) is 85.8 Å². The quantitative estimate of drug-likeness (QED) is 0.0193. The first-order valence-corrected chi connectivity index (χ1v) is 48.7. The van der Waals surface area contributed by atoms with Crippen LogP contribution in [-0.2, 0) is 106 Å². The van der Waals surface area contributed by atoms with Gasteiger partial charge in [-0.3, -0.25) is 31.5 Å². The first-order chi connectivity index (χ1) is 52.4. The summed E-state index contributed by atoms with van der Waals surface area (Å²) in [5.41, 5.74) is 8.59. The van der Waals surface area contributed by atoms with Crippen LogP contribution < -0.4 is 67.9 Å². The van der Waals surface area contributed by atoms with Crippen molar-refractivity contribution in [3.8, 4) is 0 Å². The molecular formula is C74H131N21O12S7. The van der Waals surface area contributed by atoms with Gasteiger partial charge in [0.2, 0.25) is 66.1 Å². The first kappa shape index (κ1) is 105. The van der Waals surface area contributed by atoms with Gasteiger partial charge in [-0.15, -0.1) is 11.3 Å². The molecule has 0 fully saturated rings. The highest BCUT2D eigenvalue weighted by Crippen LogP contribution is 2.22. The number of rotatable bonds is 34. The molecule has 0 atom stereocenters. The van der Waals surface area contributed by atoms with Crippen LogP contribution >= 0.6 is 11.3 Å². The van der Waals surface area contributed by atoms with Gasteiger partial charge in [0.15, 0.2) is 5.13 Å². The van der Waals surface area contributed by atoms with Crippen LogP contribution in [0.2, 0.25) is 0 Å². The number of anilines is 7. The van der Waals surface area contributed by atoms with Gasteiger partial charge in [-0.2, -0.15) is 0 Å². The summed E-state index contributed by atoms with van der Waals surface area (Å²) in [6.07, 6.45) is 15.2. The lowest BCUT2D eigenvalue weighted by molar-refractivity contribution is 0.581. The summed E-state index contributed by atoms with van der Waals surface area (Å²) in [4.78, 5) is 30.0. The first-order valence-electron chi connectivity index (χ1n) is 36.7. The maximum absolute atomic E-state index is 11.4. The van der Waals surface area contributed by atoms with E-state index in [9.17, 15) is 50.5 Å². The third kappa shape index (κ3) is 44.1. The van der Waals surface area contributed by atoms with Crippen LogP contribution in [0.1, 0.15) is 136 Å². The van der Waals surface area contributed by atoms with E-state index in [1.165, 1.54) is 75.5 Å². The number of pyridine rings is 4. The molecule has 0 amide bonds. The van der Waals surface area contributed by atoms with Crippen molar-refractivity contribution in [3.63, 3.8) is 0 Å². The maximum atomic E-state index is 11.4. The summed E-state index contributed by atoms with van der Waals surface area (Å²) in [7, 11) is -6.31. The van der Waals surface area contributed by atoms with Gasteiger partial charge in [0.1, 0.15) is 11.6 Å². The Balaban J connectivity index is 0.000000666. The third-order valence-corrected chi connectivity index (χ3v) is 23.8. The molecular weight excluding hydrogens is 1600 g/mol. The lowest BCUT2D eigenvalue weighted by Gasteiger charge is -2.17. The summed E-state index contributed by atoms with van der Waals surface area (Å²) in [6, 6.07) is 24.6. The van der Waals surface area contributed by atoms with Crippen LogP contribution in [0.5, 0.6) is 0 Å². The molecule has 7 rings (SSSR count). The standard InChI is InChI=1S/C12H20N2O2S.4C11H19N3O2S.C9H18N4O2S.C9H17N3S/c1-10(2)13-9-11-6-5-7-12(8-11)14(3)17(4,15)16;1-9(2)13-7-10-5-11(8-12-6-10)14(3)17(4,15)16;1-9(2)13-8-10-7-11(5-6-12-10)14(3)17(4,15)16;1-9(2)13-8-10-5-6-12-11(7-10)14(3)17(4,15)16;1-9(2)12-8-10-6-5-7-11(13-10)14(3)17(4,15)16;1-7(2)10-5-8-6-11-9(12-8)13(3)16(4,14)15;1-7(2)10-5-8-6-13-9(11-8)12(3)4/h5-8,10,13H,9H2,1-4H3;5-6,8-9,13H,7H2,1-4H3;2*5-7,9,13H,8H2,1-4H3;5-7,9,12H,8H2,1-4H3;6-7,10H,5H2,1-4H3,(H,11,12);6-7,10H,5H2,1-4H3. The maximum Gasteiger partial charge on any atom is 0.234 e. The van der Waals surface area contributed by atoms with Crippen molar-refractivity contribution in [2.24, 2.45) is 0 Å². The van der Waals surface area contributed by atoms with Gasteiger partial charge in [-0.05, 0) is 71.3 Å². The number of sulfonamides is 6. The Hall–Kier alpha value is -7.32. The van der Waals surface area contributed by atoms with Gasteiger partial charge in [0, 0.05) is 168 Å². The van der Waals surface area contributed by atoms with Gasteiger partial charge in [-0.1, -0.05) is 115 Å². The van der Waals surface area contributed by atoms with E-state index < -0.39 is 60.1 Å². The molecule has 0 saturated carbocycles. The van der Waals surface area contributed by atoms with Crippen molar-refractivity contribution in [1.29, 1.82) is 0 Å². The van der Waals surface area contributed by atoms with Crippen molar-refractivity contribution < 1.29 is 50.5 Å². The second-order valence-corrected chi connectivity index (χ2v) is 42.0. The zero-order valence-electron chi connectivity index (χ0n) is 72.0. The summed E-state index contributed by atoms with van der Waals surface area (Å²) < 4.78 is 144. The van der Waals surface area contributed by atoms with Crippen LogP contribution in [0.3, 0.4) is 0 Å². The second kappa shape index (κ2) is 49.7. The third-order valence-electron chi connectivity index (χ3n) is 15.6. The Labute approximate surface area is 687 Å². The number of hydrogen-bond acceptors (Lipinski definition) is 27. The van der Waals surface area contributed by atoms with Gasteiger partial charge in [0.25, 0.3) is 0 Å². The van der Waals surface area contributed by atoms with Crippen molar-refractivity contribution in [2.75, 3.05) is 125 Å². The molecule has 0 spiro atoms. The Morgan fingerprint density at radius 1 is 0.351 bits per heavy atom. The molecule has 7 aromatic rings. The minimum Gasteiger partial charge on any atom is -0.354 e. The van der Waals surface area contributed by atoms with E-state index in [4.69, 9.17) is 0 Å². The van der Waals surface area contributed by atoms with E-state index >= 15 is 0 Å². The van der Waals surface area contributed by atoms with Crippen LogP contribution in [0.4, 0.5) is 39.8 Å². The van der Waals surface area contributed by atoms with E-state index in [0.717, 1.165) is 80.8 Å². The molecule has 1 aromatic carbocycles. The predicted molar refractivity (Wildman–Crippen MR) is 472 cm³/mol. The molecule has 0 aliphatic rings. The molecule has 40 heteroatoms. The number of hydrogen-bond donors (Lipinski definition) is 8. The number of imidazole rings is 1. The van der Waals surface area contributed by atoms with E-state index in [0.29, 0.717) is 110 Å². The molecule has 33 nitrogen and oxygen atoms in total. The Morgan fingerprint density at radius 3 is 1.21 bits per heavy atom. The smallest absolute Gasteiger partial charge is 0.234 e. The number of H-pyrrole nitrogens is 1. The lowest BCUT2D eigenvalue weighted by atomic mass is 10.2. The second-order valence-electron chi connectivity index (χ2n) is 29.1. The number of thiazole rings is 1. The highest BCUT2D eigenvalue weighted by molar-refractivity contribution is 7.93. The van der Waals surface area contributed by atoms with Crippen molar-refractivity contribution >= 4 is 111 Å². The SMILES string of the molecule is CC(C)NCc1cc(N(C)S(C)(=O)=O)ccn1.CC(C)NCc1cccc(N(C)S(C)(=O)=O)c1.CC(C)NCc1cccc(N(C)S(C)(=O)=O)n1.CC(C)NCc1ccnc(N(C)S(C)(=O)=O)c1.CC(C)NCc1cnc(N(C)S(C)(=O)=O)[nH]1.CC(C)NCc1cncc(N(C)S(C)(=O)=O)c1.CC(C)NCc1csc(N(C)C)n1. The van der Waals surface area contributed by atoms with E-state index in [-0.39, 0.29) is 0 Å². The molecule has 0 bridgehead atoms. The van der Waals surface area contributed by atoms with Gasteiger partial charge < -0.3 is 47.1 Å². The zero-order valence-corrected chi connectivity index (χ0v) is 77.7. The normalized spacial score (nSPS) is 11.7. The number of aromatic nitrogens is 7. The summed E-state index contributed by atoms with van der Waals surface area (Å²) in [5.74, 6) is 1.22. The van der Waals surface area contributed by atoms with Crippen LogP contribution in [-0.4, -0.2) is 222 Å². The highest BCUT2D eigenvalue weighted by Gasteiger charge is 2.19. The minimum atomic E-state index is -3.25. The number of nitrogens with zero attached hydrogens (tertiary/aromatic N) is 13. The lowest BCUT2D eigenvalue weighted by Crippen LogP contribution is -2.27. The predicted octanol–water partition coefficient (Wildman–Crippen LogP) is 7.49. The molecule has 0 saturated heterocycles. The molecule has 114 heavy (non-hydrogen) atoms. The summed E-state index contributed by atoms with van der Waals surface area (Å²) >= 11 is 1.68. The number of aromatic amines is 1. The van der Waals surface area contributed by atoms with E-state index in [1.807, 2.05) is 96.9 Å². The fourth-order valence-electron chi connectivity index (χ4n) is 8.30. The topological polar surface area (TPSA) is 405 Å². The Kier molecular flexibility index (Phi) is 45.6. The molecule has 8 N–H and O–H groups in total. The fraction of sp³-hybridized carbons (Fsp3) is 0.568. The molecule has 6 aromatic heterocycles. The molecule has 646 valence electrons. The monoisotopic (exact) mass is 1730 g/mol. The van der Waals surface area contributed by atoms with Crippen molar-refractivity contribution in [2.45, 2.75) is 185 Å². The number of benzene rings is 1. The summed E-state index contributed by atoms with van der Waals surface area (Å²) in [5, 5.41) is 26.0. The zero-order chi connectivity index (χ0) is 87.5. The van der Waals surface area contributed by atoms with Gasteiger partial charge >= 0.3 is 0 Å².